The van der Waals surface area contributed by atoms with Crippen molar-refractivity contribution >= 4 is 34.6 Å². The van der Waals surface area contributed by atoms with Gasteiger partial charge in [0, 0.05) is 11.8 Å². The maximum Gasteiger partial charge on any atom is 0.263 e. The first-order chi connectivity index (χ1) is 13.9. The lowest BCUT2D eigenvalue weighted by Gasteiger charge is -2.39. The van der Waals surface area contributed by atoms with Gasteiger partial charge in [0.15, 0.2) is 0 Å². The van der Waals surface area contributed by atoms with Gasteiger partial charge in [0.25, 0.3) is 5.91 Å². The maximum atomic E-state index is 13.7. The molecule has 1 aromatic heterocycles. The number of rotatable bonds is 3. The summed E-state index contributed by atoms with van der Waals surface area (Å²) in [5, 5.41) is 0.362. The Balaban J connectivity index is 1.88. The van der Waals surface area contributed by atoms with Gasteiger partial charge in [-0.15, -0.1) is 0 Å². The van der Waals surface area contributed by atoms with Gasteiger partial charge in [0.1, 0.15) is 12.5 Å². The third-order valence-corrected chi connectivity index (χ3v) is 5.32. The minimum atomic E-state index is -0.308. The smallest absolute Gasteiger partial charge is 0.263 e. The van der Waals surface area contributed by atoms with Crippen molar-refractivity contribution in [2.24, 2.45) is 0 Å². The first kappa shape index (κ1) is 19.2. The molecular formula is C22H19ClFN3O2. The highest BCUT2D eigenvalue weighted by Gasteiger charge is 2.34. The highest BCUT2D eigenvalue weighted by molar-refractivity contribution is 6.36. The molecule has 5 nitrogen and oxygen atoms in total. The molecule has 0 spiro atoms. The Hall–Kier alpha value is -3.12. The number of carbonyl (C=O) groups excluding carboxylic acids is 1. The molecule has 0 bridgehead atoms. The van der Waals surface area contributed by atoms with E-state index < -0.39 is 0 Å². The van der Waals surface area contributed by atoms with Gasteiger partial charge < -0.3 is 9.64 Å². The van der Waals surface area contributed by atoms with E-state index in [9.17, 15) is 9.18 Å². The molecule has 29 heavy (non-hydrogen) atoms. The zero-order chi connectivity index (χ0) is 20.7. The van der Waals surface area contributed by atoms with E-state index in [1.54, 1.807) is 42.3 Å². The summed E-state index contributed by atoms with van der Waals surface area (Å²) in [7, 11) is 1.54. The van der Waals surface area contributed by atoms with Crippen LogP contribution in [0.5, 0.6) is 5.88 Å². The zero-order valence-corrected chi connectivity index (χ0v) is 17.0. The lowest BCUT2D eigenvalue weighted by Crippen LogP contribution is -2.45. The fraction of sp³-hybridized carbons (Fsp3) is 0.182. The molecule has 0 N–H and O–H groups in total. The van der Waals surface area contributed by atoms with E-state index in [0.29, 0.717) is 33.5 Å². The monoisotopic (exact) mass is 411 g/mol. The standard InChI is InChI=1S/C22H19ClFN3O2/c1-13-11-15(24)7-8-17(13)26-12-27(18-9-10-20(29-3)25-14(18)2)22(28)21-16(23)5-4-6-19(21)26/h4-11H,12H2,1-3H3. The second-order valence-corrected chi connectivity index (χ2v) is 7.23. The number of hydrogen-bond acceptors (Lipinski definition) is 4. The molecule has 7 heteroatoms. The summed E-state index contributed by atoms with van der Waals surface area (Å²) in [6, 6.07) is 13.4. The Labute approximate surface area is 173 Å². The molecule has 0 saturated heterocycles. The topological polar surface area (TPSA) is 45.7 Å². The van der Waals surface area contributed by atoms with E-state index in [-0.39, 0.29) is 18.4 Å². The van der Waals surface area contributed by atoms with E-state index in [0.717, 1.165) is 11.3 Å². The Bertz CT molecular complexity index is 1120. The number of fused-ring (bicyclic) bond motifs is 1. The first-order valence-corrected chi connectivity index (χ1v) is 9.44. The molecule has 2 heterocycles. The van der Waals surface area contributed by atoms with E-state index >= 15 is 0 Å². The molecule has 1 aliphatic heterocycles. The van der Waals surface area contributed by atoms with Crippen LogP contribution in [0.2, 0.25) is 5.02 Å². The van der Waals surface area contributed by atoms with Crippen molar-refractivity contribution in [1.29, 1.82) is 0 Å². The summed E-state index contributed by atoms with van der Waals surface area (Å²) < 4.78 is 18.9. The van der Waals surface area contributed by atoms with Gasteiger partial charge in [-0.1, -0.05) is 17.7 Å². The molecule has 0 unspecified atom stereocenters. The Kier molecular flexibility index (Phi) is 4.88. The van der Waals surface area contributed by atoms with Crippen LogP contribution in [0.4, 0.5) is 21.5 Å². The molecule has 0 fully saturated rings. The van der Waals surface area contributed by atoms with E-state index in [1.165, 1.54) is 12.1 Å². The van der Waals surface area contributed by atoms with Gasteiger partial charge in [-0.2, -0.15) is 0 Å². The fourth-order valence-electron chi connectivity index (χ4n) is 3.61. The van der Waals surface area contributed by atoms with Crippen LogP contribution in [0.15, 0.2) is 48.5 Å². The normalized spacial score (nSPS) is 13.5. The van der Waals surface area contributed by atoms with Gasteiger partial charge in [0.05, 0.1) is 34.8 Å². The van der Waals surface area contributed by atoms with Gasteiger partial charge in [0.2, 0.25) is 5.88 Å². The van der Waals surface area contributed by atoms with Crippen LogP contribution in [0.1, 0.15) is 21.6 Å². The molecule has 0 saturated carbocycles. The van der Waals surface area contributed by atoms with Gasteiger partial charge in [-0.25, -0.2) is 9.37 Å². The largest absolute Gasteiger partial charge is 0.481 e. The van der Waals surface area contributed by atoms with Crippen molar-refractivity contribution in [3.05, 3.63) is 76.2 Å². The number of benzene rings is 2. The van der Waals surface area contributed by atoms with Crippen LogP contribution in [0.25, 0.3) is 0 Å². The summed E-state index contributed by atoms with van der Waals surface area (Å²) in [6.45, 7) is 3.90. The zero-order valence-electron chi connectivity index (χ0n) is 16.2. The maximum absolute atomic E-state index is 13.7. The Morgan fingerprint density at radius 3 is 2.48 bits per heavy atom. The second-order valence-electron chi connectivity index (χ2n) is 6.83. The lowest BCUT2D eigenvalue weighted by molar-refractivity contribution is 0.0983. The summed E-state index contributed by atoms with van der Waals surface area (Å²) in [6.07, 6.45) is 0. The third kappa shape index (κ3) is 3.29. The molecular weight excluding hydrogens is 393 g/mol. The number of aromatic nitrogens is 1. The number of aryl methyl sites for hydroxylation is 2. The minimum absolute atomic E-state index is 0.211. The SMILES string of the molecule is COc1ccc(N2CN(c3ccc(F)cc3C)c3cccc(Cl)c3C2=O)c(C)n1. The summed E-state index contributed by atoms with van der Waals surface area (Å²) in [5.41, 5.74) is 3.96. The second kappa shape index (κ2) is 7.37. The van der Waals surface area contributed by atoms with Crippen molar-refractivity contribution < 1.29 is 13.9 Å². The van der Waals surface area contributed by atoms with Crippen molar-refractivity contribution in [2.45, 2.75) is 13.8 Å². The van der Waals surface area contributed by atoms with Crippen molar-refractivity contribution in [3.8, 4) is 5.88 Å². The predicted molar refractivity (Wildman–Crippen MR) is 112 cm³/mol. The highest BCUT2D eigenvalue weighted by atomic mass is 35.5. The number of hydrogen-bond donors (Lipinski definition) is 0. The summed E-state index contributed by atoms with van der Waals surface area (Å²) in [5.74, 6) is -0.0465. The predicted octanol–water partition coefficient (Wildman–Crippen LogP) is 5.26. The quantitative estimate of drug-likeness (QED) is 0.590. The molecule has 3 aromatic rings. The van der Waals surface area contributed by atoms with E-state index in [1.807, 2.05) is 24.8 Å². The average molecular weight is 412 g/mol. The molecule has 0 aliphatic carbocycles. The molecule has 1 aliphatic rings. The van der Waals surface area contributed by atoms with E-state index in [4.69, 9.17) is 16.3 Å². The molecule has 4 rings (SSSR count). The van der Waals surface area contributed by atoms with Crippen molar-refractivity contribution in [2.75, 3.05) is 23.6 Å². The van der Waals surface area contributed by atoms with Crippen LogP contribution < -0.4 is 14.5 Å². The third-order valence-electron chi connectivity index (χ3n) is 5.01. The van der Waals surface area contributed by atoms with Gasteiger partial charge in [-0.3, -0.25) is 9.69 Å². The number of nitrogens with zero attached hydrogens (tertiary/aromatic N) is 3. The number of ether oxygens (including phenoxy) is 1. The lowest BCUT2D eigenvalue weighted by atomic mass is 10.0. The number of carbonyl (C=O) groups is 1. The molecule has 0 atom stereocenters. The van der Waals surface area contributed by atoms with Crippen LogP contribution in [-0.2, 0) is 0 Å². The van der Waals surface area contributed by atoms with Crippen LogP contribution in [0.3, 0.4) is 0 Å². The Morgan fingerprint density at radius 1 is 1.03 bits per heavy atom. The number of amides is 1. The summed E-state index contributed by atoms with van der Waals surface area (Å²) in [4.78, 5) is 21.3. The Morgan fingerprint density at radius 2 is 1.79 bits per heavy atom. The number of methoxy groups -OCH3 is 1. The van der Waals surface area contributed by atoms with Crippen LogP contribution in [0, 0.1) is 19.7 Å². The van der Waals surface area contributed by atoms with Crippen molar-refractivity contribution in [1.82, 2.24) is 4.98 Å². The van der Waals surface area contributed by atoms with Crippen LogP contribution in [-0.4, -0.2) is 24.7 Å². The van der Waals surface area contributed by atoms with E-state index in [2.05, 4.69) is 4.98 Å². The molecule has 1 amide bonds. The average Bonchev–Trinajstić information content (AvgIpc) is 2.69. The molecule has 148 valence electrons. The van der Waals surface area contributed by atoms with Gasteiger partial charge >= 0.3 is 0 Å². The van der Waals surface area contributed by atoms with Gasteiger partial charge in [-0.05, 0) is 55.8 Å². The highest BCUT2D eigenvalue weighted by Crippen LogP contribution is 2.40. The fourth-order valence-corrected chi connectivity index (χ4v) is 3.86. The summed E-state index contributed by atoms with van der Waals surface area (Å²) >= 11 is 6.43. The number of anilines is 3. The first-order valence-electron chi connectivity index (χ1n) is 9.06. The molecule has 2 aromatic carbocycles. The van der Waals surface area contributed by atoms with Crippen molar-refractivity contribution in [3.63, 3.8) is 0 Å². The number of halogens is 2. The van der Waals surface area contributed by atoms with Crippen LogP contribution >= 0.6 is 11.6 Å². The molecule has 0 radical (unpaired) electrons. The number of pyridine rings is 1. The minimum Gasteiger partial charge on any atom is -0.481 e.